The van der Waals surface area contributed by atoms with Crippen LogP contribution in [0, 0.1) is 6.92 Å². The summed E-state index contributed by atoms with van der Waals surface area (Å²) in [4.78, 5) is 26.4. The van der Waals surface area contributed by atoms with E-state index in [0.29, 0.717) is 10.9 Å². The van der Waals surface area contributed by atoms with E-state index >= 15 is 0 Å². The number of rotatable bonds is 8. The van der Waals surface area contributed by atoms with Crippen molar-refractivity contribution >= 4 is 27.5 Å². The number of hydrogen-bond acceptors (Lipinski definition) is 3. The molecule has 29 heavy (non-hydrogen) atoms. The van der Waals surface area contributed by atoms with E-state index < -0.39 is 0 Å². The second-order valence-corrected chi connectivity index (χ2v) is 7.99. The summed E-state index contributed by atoms with van der Waals surface area (Å²) in [6.07, 6.45) is 4.08. The van der Waals surface area contributed by atoms with Crippen LogP contribution in [0.5, 0.6) is 5.75 Å². The summed E-state index contributed by atoms with van der Waals surface area (Å²) in [6, 6.07) is 3.88. The van der Waals surface area contributed by atoms with Gasteiger partial charge >= 0.3 is 0 Å². The molecule has 0 aliphatic heterocycles. The summed E-state index contributed by atoms with van der Waals surface area (Å²) < 4.78 is 7.79. The van der Waals surface area contributed by atoms with E-state index in [0.717, 1.165) is 59.6 Å². The Kier molecular flexibility index (Phi) is 8.08. The molecule has 0 atom stereocenters. The third-order valence-corrected chi connectivity index (χ3v) is 6.38. The number of hydrogen-bond donors (Lipinski definition) is 1. The molecule has 0 saturated heterocycles. The summed E-state index contributed by atoms with van der Waals surface area (Å²) in [7, 11) is 3.55. The normalized spacial score (nSPS) is 10.9. The Morgan fingerprint density at radius 1 is 1.17 bits per heavy atom. The predicted molar refractivity (Wildman–Crippen MR) is 122 cm³/mol. The number of anilines is 1. The molecular weight excluding hydrogens is 432 g/mol. The van der Waals surface area contributed by atoms with Crippen LogP contribution in [0.25, 0.3) is 0 Å². The van der Waals surface area contributed by atoms with Crippen LogP contribution >= 0.6 is 15.9 Å². The number of benzene rings is 1. The molecule has 2 aromatic rings. The molecule has 1 heterocycles. The molecule has 0 fully saturated rings. The molecule has 1 aromatic heterocycles. The van der Waals surface area contributed by atoms with Crippen LogP contribution in [0.1, 0.15) is 66.5 Å². The van der Waals surface area contributed by atoms with Gasteiger partial charge in [0.05, 0.1) is 11.6 Å². The van der Waals surface area contributed by atoms with Gasteiger partial charge in [-0.05, 0) is 71.8 Å². The fourth-order valence-electron chi connectivity index (χ4n) is 3.54. The number of methoxy groups -OCH3 is 1. The molecule has 6 heteroatoms. The largest absolute Gasteiger partial charge is 0.497 e. The molecule has 0 aliphatic carbocycles. The van der Waals surface area contributed by atoms with Gasteiger partial charge in [0.2, 0.25) is 5.43 Å². The molecule has 158 valence electrons. The van der Waals surface area contributed by atoms with Gasteiger partial charge in [-0.3, -0.25) is 9.59 Å². The molecule has 1 aromatic carbocycles. The van der Waals surface area contributed by atoms with Gasteiger partial charge in [-0.15, -0.1) is 0 Å². The molecule has 0 unspecified atom stereocenters. The second kappa shape index (κ2) is 10.1. The third-order valence-electron chi connectivity index (χ3n) is 5.45. The number of carbonyl (C=O) groups is 1. The topological polar surface area (TPSA) is 60.3 Å². The van der Waals surface area contributed by atoms with Gasteiger partial charge in [-0.1, -0.05) is 27.2 Å². The van der Waals surface area contributed by atoms with Gasteiger partial charge in [0.1, 0.15) is 11.3 Å². The average Bonchev–Trinajstić information content (AvgIpc) is 2.73. The van der Waals surface area contributed by atoms with E-state index in [-0.39, 0.29) is 16.9 Å². The highest BCUT2D eigenvalue weighted by molar-refractivity contribution is 9.10. The number of aromatic nitrogens is 1. The lowest BCUT2D eigenvalue weighted by Gasteiger charge is -2.20. The molecule has 5 nitrogen and oxygen atoms in total. The fraction of sp³-hybridized carbons (Fsp3) is 0.478. The molecule has 1 amide bonds. The Balaban J connectivity index is 2.61. The molecule has 0 spiro atoms. The maximum Gasteiger partial charge on any atom is 0.261 e. The van der Waals surface area contributed by atoms with Crippen molar-refractivity contribution in [2.45, 2.75) is 59.8 Å². The van der Waals surface area contributed by atoms with Crippen molar-refractivity contribution in [3.8, 4) is 5.75 Å². The van der Waals surface area contributed by atoms with Gasteiger partial charge in [0.25, 0.3) is 5.91 Å². The second-order valence-electron chi connectivity index (χ2n) is 7.19. The zero-order chi connectivity index (χ0) is 21.7. The van der Waals surface area contributed by atoms with E-state index in [1.54, 1.807) is 7.11 Å². The van der Waals surface area contributed by atoms with Gasteiger partial charge in [-0.25, -0.2) is 0 Å². The first kappa shape index (κ1) is 23.2. The molecular formula is C23H31BrN2O3. The average molecular weight is 463 g/mol. The highest BCUT2D eigenvalue weighted by Gasteiger charge is 2.23. The van der Waals surface area contributed by atoms with Crippen molar-refractivity contribution in [1.29, 1.82) is 0 Å². The van der Waals surface area contributed by atoms with E-state index in [9.17, 15) is 9.59 Å². The quantitative estimate of drug-likeness (QED) is 0.587. The van der Waals surface area contributed by atoms with E-state index in [2.05, 4.69) is 28.2 Å². The lowest BCUT2D eigenvalue weighted by atomic mass is 10.0. The van der Waals surface area contributed by atoms with Gasteiger partial charge in [0.15, 0.2) is 0 Å². The number of carbonyl (C=O) groups excluding carboxylic acids is 1. The minimum atomic E-state index is -0.355. The highest BCUT2D eigenvalue weighted by Crippen LogP contribution is 2.29. The molecule has 0 bridgehead atoms. The Morgan fingerprint density at radius 3 is 2.24 bits per heavy atom. The maximum atomic E-state index is 13.3. The predicted octanol–water partition coefficient (Wildman–Crippen LogP) is 5.18. The molecule has 2 rings (SSSR count). The van der Waals surface area contributed by atoms with Crippen molar-refractivity contribution in [2.24, 2.45) is 7.05 Å². The Bertz CT molecular complexity index is 939. The van der Waals surface area contributed by atoms with Crippen LogP contribution in [-0.4, -0.2) is 17.6 Å². The van der Waals surface area contributed by atoms with E-state index in [1.165, 1.54) is 0 Å². The standard InChI is InChI=1S/C23H31BrN2O3/c1-7-10-11-18-19(22(27)20(24)14(4)26(18)5)23(28)25-21-15(8-2)12-17(29-6)13-16(21)9-3/h12-13H,7-11H2,1-6H3,(H,25,28). The van der Waals surface area contributed by atoms with Crippen LogP contribution in [0.3, 0.4) is 0 Å². The highest BCUT2D eigenvalue weighted by atomic mass is 79.9. The van der Waals surface area contributed by atoms with E-state index in [1.807, 2.05) is 44.5 Å². The number of aryl methyl sites for hydroxylation is 2. The number of pyridine rings is 1. The van der Waals surface area contributed by atoms with Crippen LogP contribution in [0.15, 0.2) is 21.4 Å². The summed E-state index contributed by atoms with van der Waals surface area (Å²) >= 11 is 3.38. The minimum absolute atomic E-state index is 0.221. The van der Waals surface area contributed by atoms with Crippen LogP contribution < -0.4 is 15.5 Å². The Hall–Kier alpha value is -2.08. The van der Waals surface area contributed by atoms with Gasteiger partial charge < -0.3 is 14.6 Å². The number of halogens is 1. The van der Waals surface area contributed by atoms with Crippen molar-refractivity contribution in [2.75, 3.05) is 12.4 Å². The number of amides is 1. The first-order chi connectivity index (χ1) is 13.8. The molecule has 1 N–H and O–H groups in total. The summed E-state index contributed by atoms with van der Waals surface area (Å²) in [5.41, 5.74) is 4.33. The summed E-state index contributed by atoms with van der Waals surface area (Å²) in [6.45, 7) is 8.06. The summed E-state index contributed by atoms with van der Waals surface area (Å²) in [5, 5.41) is 3.05. The van der Waals surface area contributed by atoms with Crippen molar-refractivity contribution in [1.82, 2.24) is 4.57 Å². The number of ether oxygens (including phenoxy) is 1. The Labute approximate surface area is 181 Å². The summed E-state index contributed by atoms with van der Waals surface area (Å²) in [5.74, 6) is 0.418. The lowest BCUT2D eigenvalue weighted by molar-refractivity contribution is 0.102. The Morgan fingerprint density at radius 2 is 1.76 bits per heavy atom. The zero-order valence-corrected chi connectivity index (χ0v) is 19.8. The molecule has 0 aliphatic rings. The smallest absolute Gasteiger partial charge is 0.261 e. The number of nitrogens with zero attached hydrogens (tertiary/aromatic N) is 1. The monoisotopic (exact) mass is 462 g/mol. The first-order valence-electron chi connectivity index (χ1n) is 10.2. The number of unbranched alkanes of at least 4 members (excludes halogenated alkanes) is 1. The van der Waals surface area contributed by atoms with Crippen molar-refractivity contribution < 1.29 is 9.53 Å². The molecule has 0 radical (unpaired) electrons. The van der Waals surface area contributed by atoms with Crippen LogP contribution in [0.4, 0.5) is 5.69 Å². The molecule has 0 saturated carbocycles. The van der Waals surface area contributed by atoms with Gasteiger partial charge in [0, 0.05) is 24.1 Å². The van der Waals surface area contributed by atoms with Crippen LogP contribution in [-0.2, 0) is 26.3 Å². The third kappa shape index (κ3) is 4.74. The van der Waals surface area contributed by atoms with Gasteiger partial charge in [-0.2, -0.15) is 0 Å². The first-order valence-corrected chi connectivity index (χ1v) is 11.0. The number of nitrogens with one attached hydrogen (secondary N) is 1. The zero-order valence-electron chi connectivity index (χ0n) is 18.2. The van der Waals surface area contributed by atoms with E-state index in [4.69, 9.17) is 4.74 Å². The van der Waals surface area contributed by atoms with Crippen molar-refractivity contribution in [3.63, 3.8) is 0 Å². The maximum absolute atomic E-state index is 13.3. The van der Waals surface area contributed by atoms with Crippen molar-refractivity contribution in [3.05, 3.63) is 54.9 Å². The lowest BCUT2D eigenvalue weighted by Crippen LogP contribution is -2.29. The van der Waals surface area contributed by atoms with Crippen LogP contribution in [0.2, 0.25) is 0 Å². The fourth-order valence-corrected chi connectivity index (χ4v) is 4.01. The SMILES string of the molecule is CCCCc1c(C(=O)Nc2c(CC)cc(OC)cc2CC)c(=O)c(Br)c(C)n1C. The minimum Gasteiger partial charge on any atom is -0.497 e.